The number of rotatable bonds is 4. The van der Waals surface area contributed by atoms with Crippen molar-refractivity contribution in [1.82, 2.24) is 33.8 Å². The lowest BCUT2D eigenvalue weighted by Gasteiger charge is -2.24. The summed E-state index contributed by atoms with van der Waals surface area (Å²) in [6, 6.07) is 2.00. The molecule has 0 bridgehead atoms. The van der Waals surface area contributed by atoms with Crippen molar-refractivity contribution < 1.29 is 0 Å². The number of fused-ring (bicyclic) bond motifs is 1. The molecule has 150 valence electrons. The highest BCUT2D eigenvalue weighted by atomic mass is 35.5. The number of nitrogens with zero attached hydrogens (tertiary/aromatic N) is 6. The van der Waals surface area contributed by atoms with E-state index in [1.807, 2.05) is 43.0 Å². The largest absolute Gasteiger partial charge is 0.328 e. The van der Waals surface area contributed by atoms with Crippen LogP contribution in [0.15, 0.2) is 24.7 Å². The van der Waals surface area contributed by atoms with Gasteiger partial charge in [-0.2, -0.15) is 9.47 Å². The molecule has 5 rings (SSSR count). The maximum Gasteiger partial charge on any atom is 0.182 e. The minimum Gasteiger partial charge on any atom is -0.328 e. The maximum absolute atomic E-state index is 6.93. The molecular weight excluding hydrogens is 408 g/mol. The van der Waals surface area contributed by atoms with Gasteiger partial charge >= 0.3 is 0 Å². The standard InChI is InChI=1S/C19H21ClN8S/c1-11-6-15(29-26-11)24-18-19-22-9-14(13-8-23-27(2)10-13)28(19)17(20)16(25-18)12-4-3-5-21-7-12/h6,8-10,12,21H,3-5,7H2,1-2H3,(H,24,25). The zero-order valence-corrected chi connectivity index (χ0v) is 17.8. The molecule has 2 N–H and O–H groups in total. The van der Waals surface area contributed by atoms with Gasteiger partial charge in [-0.1, -0.05) is 11.6 Å². The molecule has 1 unspecified atom stereocenters. The SMILES string of the molecule is Cc1cc(Nc2nc(C3CCCNC3)c(Cl)n3c(-c4cnn(C)c4)cnc23)sn1. The zero-order chi connectivity index (χ0) is 20.0. The summed E-state index contributed by atoms with van der Waals surface area (Å²) in [7, 11) is 1.90. The van der Waals surface area contributed by atoms with Crippen molar-refractivity contribution in [3.63, 3.8) is 0 Å². The third-order valence-corrected chi connectivity index (χ3v) is 6.33. The molecule has 5 heterocycles. The van der Waals surface area contributed by atoms with Crippen LogP contribution in [0.25, 0.3) is 16.9 Å². The first kappa shape index (κ1) is 18.5. The van der Waals surface area contributed by atoms with Crippen molar-refractivity contribution in [1.29, 1.82) is 0 Å². The summed E-state index contributed by atoms with van der Waals surface area (Å²) < 4.78 is 8.11. The van der Waals surface area contributed by atoms with Gasteiger partial charge in [0.2, 0.25) is 0 Å². The fourth-order valence-corrected chi connectivity index (χ4v) is 4.80. The molecule has 0 aliphatic carbocycles. The van der Waals surface area contributed by atoms with E-state index in [0.29, 0.717) is 16.6 Å². The Kier molecular flexibility index (Phi) is 4.73. The summed E-state index contributed by atoms with van der Waals surface area (Å²) in [5, 5.41) is 12.7. The molecule has 10 heteroatoms. The summed E-state index contributed by atoms with van der Waals surface area (Å²) in [5.41, 5.74) is 4.40. The van der Waals surface area contributed by atoms with E-state index in [2.05, 4.69) is 25.1 Å². The smallest absolute Gasteiger partial charge is 0.182 e. The van der Waals surface area contributed by atoms with Crippen LogP contribution < -0.4 is 10.6 Å². The second kappa shape index (κ2) is 7.40. The van der Waals surface area contributed by atoms with Crippen molar-refractivity contribution in [2.45, 2.75) is 25.7 Å². The Morgan fingerprint density at radius 1 is 1.34 bits per heavy atom. The minimum atomic E-state index is 0.258. The molecule has 0 spiro atoms. The molecule has 0 saturated carbocycles. The van der Waals surface area contributed by atoms with Crippen LogP contribution in [-0.4, -0.2) is 41.6 Å². The van der Waals surface area contributed by atoms with Crippen LogP contribution in [0.5, 0.6) is 0 Å². The Labute approximate surface area is 177 Å². The number of halogens is 1. The van der Waals surface area contributed by atoms with Gasteiger partial charge < -0.3 is 10.6 Å². The predicted molar refractivity (Wildman–Crippen MR) is 115 cm³/mol. The lowest BCUT2D eigenvalue weighted by molar-refractivity contribution is 0.454. The van der Waals surface area contributed by atoms with E-state index in [1.165, 1.54) is 11.5 Å². The second-order valence-corrected chi connectivity index (χ2v) is 8.51. The number of imidazole rings is 1. The molecule has 1 aliphatic heterocycles. The normalized spacial score (nSPS) is 17.1. The molecule has 1 saturated heterocycles. The molecule has 0 radical (unpaired) electrons. The van der Waals surface area contributed by atoms with E-state index in [4.69, 9.17) is 16.6 Å². The molecule has 0 aromatic carbocycles. The number of aryl methyl sites for hydroxylation is 2. The molecule has 0 amide bonds. The van der Waals surface area contributed by atoms with Crippen LogP contribution in [0.1, 0.15) is 30.1 Å². The molecule has 4 aromatic rings. The van der Waals surface area contributed by atoms with Crippen LogP contribution in [0, 0.1) is 6.92 Å². The number of aromatic nitrogens is 6. The number of hydrogen-bond acceptors (Lipinski definition) is 7. The third-order valence-electron chi connectivity index (χ3n) is 5.17. The van der Waals surface area contributed by atoms with Gasteiger partial charge in [-0.3, -0.25) is 9.08 Å². The maximum atomic E-state index is 6.93. The Bertz CT molecular complexity index is 1170. The topological polar surface area (TPSA) is 85.0 Å². The predicted octanol–water partition coefficient (Wildman–Crippen LogP) is 3.76. The lowest BCUT2D eigenvalue weighted by Crippen LogP contribution is -2.29. The van der Waals surface area contributed by atoms with E-state index in [-0.39, 0.29) is 5.92 Å². The first-order valence-electron chi connectivity index (χ1n) is 9.57. The summed E-state index contributed by atoms with van der Waals surface area (Å²) in [6.45, 7) is 3.88. The monoisotopic (exact) mass is 428 g/mol. The van der Waals surface area contributed by atoms with Gasteiger partial charge in [0, 0.05) is 31.3 Å². The molecular formula is C19H21ClN8S. The fourth-order valence-electron chi connectivity index (χ4n) is 3.77. The first-order chi connectivity index (χ1) is 14.1. The average Bonchev–Trinajstić information content (AvgIpc) is 3.44. The van der Waals surface area contributed by atoms with Gasteiger partial charge in [0.15, 0.2) is 11.5 Å². The Morgan fingerprint density at radius 2 is 2.24 bits per heavy atom. The van der Waals surface area contributed by atoms with E-state index in [9.17, 15) is 0 Å². The molecule has 1 aliphatic rings. The molecule has 1 fully saturated rings. The number of hydrogen-bond donors (Lipinski definition) is 2. The lowest BCUT2D eigenvalue weighted by atomic mass is 9.96. The zero-order valence-electron chi connectivity index (χ0n) is 16.2. The number of anilines is 2. The fraction of sp³-hybridized carbons (Fsp3) is 0.368. The van der Waals surface area contributed by atoms with Gasteiger partial charge in [-0.15, -0.1) is 0 Å². The minimum absolute atomic E-state index is 0.258. The number of nitrogens with one attached hydrogen (secondary N) is 2. The van der Waals surface area contributed by atoms with Crippen LogP contribution in [0.4, 0.5) is 10.8 Å². The molecule has 29 heavy (non-hydrogen) atoms. The van der Waals surface area contributed by atoms with Gasteiger partial charge in [0.25, 0.3) is 0 Å². The Morgan fingerprint density at radius 3 is 2.93 bits per heavy atom. The summed E-state index contributed by atoms with van der Waals surface area (Å²) >= 11 is 8.33. The Balaban J connectivity index is 1.70. The Hall–Kier alpha value is -2.49. The van der Waals surface area contributed by atoms with Gasteiger partial charge in [-0.25, -0.2) is 9.97 Å². The van der Waals surface area contributed by atoms with Crippen molar-refractivity contribution in [3.8, 4) is 11.3 Å². The third kappa shape index (κ3) is 3.39. The highest BCUT2D eigenvalue weighted by molar-refractivity contribution is 7.10. The van der Waals surface area contributed by atoms with Crippen LogP contribution >= 0.6 is 23.1 Å². The van der Waals surface area contributed by atoms with Crippen LogP contribution in [0.3, 0.4) is 0 Å². The van der Waals surface area contributed by atoms with E-state index >= 15 is 0 Å². The summed E-state index contributed by atoms with van der Waals surface area (Å²) in [4.78, 5) is 9.57. The molecule has 1 atom stereocenters. The molecule has 4 aromatic heterocycles. The molecule has 8 nitrogen and oxygen atoms in total. The summed E-state index contributed by atoms with van der Waals surface area (Å²) in [6.07, 6.45) is 7.77. The van der Waals surface area contributed by atoms with Crippen molar-refractivity contribution in [2.24, 2.45) is 7.05 Å². The van der Waals surface area contributed by atoms with E-state index < -0.39 is 0 Å². The van der Waals surface area contributed by atoms with E-state index in [1.54, 1.807) is 4.68 Å². The second-order valence-electron chi connectivity index (χ2n) is 7.34. The van der Waals surface area contributed by atoms with Crippen LogP contribution in [0.2, 0.25) is 5.15 Å². The van der Waals surface area contributed by atoms with Gasteiger partial charge in [0.05, 0.1) is 29.5 Å². The summed E-state index contributed by atoms with van der Waals surface area (Å²) in [5.74, 6) is 0.947. The average molecular weight is 429 g/mol. The van der Waals surface area contributed by atoms with Crippen molar-refractivity contribution in [3.05, 3.63) is 41.2 Å². The van der Waals surface area contributed by atoms with Crippen LogP contribution in [-0.2, 0) is 7.05 Å². The van der Waals surface area contributed by atoms with E-state index in [0.717, 1.165) is 53.6 Å². The quantitative estimate of drug-likeness (QED) is 0.514. The van der Waals surface area contributed by atoms with Crippen molar-refractivity contribution >= 4 is 39.6 Å². The highest BCUT2D eigenvalue weighted by Crippen LogP contribution is 2.35. The highest BCUT2D eigenvalue weighted by Gasteiger charge is 2.25. The first-order valence-corrected chi connectivity index (χ1v) is 10.7. The number of piperidine rings is 1. The van der Waals surface area contributed by atoms with Gasteiger partial charge in [0.1, 0.15) is 10.2 Å². The van der Waals surface area contributed by atoms with Crippen molar-refractivity contribution in [2.75, 3.05) is 18.4 Å². The van der Waals surface area contributed by atoms with Gasteiger partial charge in [-0.05, 0) is 43.9 Å².